The second kappa shape index (κ2) is 18.6. The first-order valence-corrected chi connectivity index (χ1v) is 7.29. The topological polar surface area (TPSA) is 156 Å². The molecule has 0 aliphatic heterocycles. The first kappa shape index (κ1) is 26.4. The summed E-state index contributed by atoms with van der Waals surface area (Å²) in [5.74, 6) is -2.51. The van der Waals surface area contributed by atoms with Gasteiger partial charge in [-0.15, -0.1) is 0 Å². The van der Waals surface area contributed by atoms with Crippen LogP contribution in [0, 0.1) is 0 Å². The van der Waals surface area contributed by atoms with Crippen LogP contribution in [0.5, 0.6) is 0 Å². The van der Waals surface area contributed by atoms with E-state index in [0.717, 1.165) is 25.7 Å². The van der Waals surface area contributed by atoms with Gasteiger partial charge in [0.05, 0.1) is 5.60 Å². The lowest BCUT2D eigenvalue weighted by molar-refractivity contribution is -0.134. The number of carbonyl (C=O) groups is 2. The Labute approximate surface area is 136 Å². The van der Waals surface area contributed by atoms with Gasteiger partial charge in [-0.2, -0.15) is 0 Å². The summed E-state index contributed by atoms with van der Waals surface area (Å²) in [6.45, 7) is 3.97. The van der Waals surface area contributed by atoms with E-state index in [0.29, 0.717) is 18.6 Å². The van der Waals surface area contributed by atoms with Gasteiger partial charge in [0.25, 0.3) is 0 Å². The molecule has 23 heavy (non-hydrogen) atoms. The van der Waals surface area contributed by atoms with Crippen molar-refractivity contribution in [1.29, 1.82) is 0 Å². The van der Waals surface area contributed by atoms with Crippen LogP contribution in [0.25, 0.3) is 0 Å². The Kier molecular flexibility index (Phi) is 21.3. The third-order valence-electron chi connectivity index (χ3n) is 2.16. The van der Waals surface area contributed by atoms with Gasteiger partial charge in [0.15, 0.2) is 0 Å². The SMILES string of the molecule is CC(C)(O)CCO.O=C(O)/C=C/C(=O)O.OCCCCCCO. The predicted molar refractivity (Wildman–Crippen MR) is 85.1 cm³/mol. The number of aliphatic carboxylic acids is 2. The molecule has 0 saturated heterocycles. The Morgan fingerprint density at radius 3 is 1.26 bits per heavy atom. The summed E-state index contributed by atoms with van der Waals surface area (Å²) in [5, 5.41) is 49.3. The van der Waals surface area contributed by atoms with Gasteiger partial charge in [-0.25, -0.2) is 9.59 Å². The summed E-state index contributed by atoms with van der Waals surface area (Å²) in [4.78, 5) is 19.1. The normalized spacial score (nSPS) is 10.3. The predicted octanol–water partition coefficient (Wildman–Crippen LogP) is 0.383. The number of hydrogen-bond donors (Lipinski definition) is 6. The van der Waals surface area contributed by atoms with E-state index >= 15 is 0 Å². The van der Waals surface area contributed by atoms with Crippen molar-refractivity contribution >= 4 is 11.9 Å². The molecule has 0 rings (SSSR count). The molecule has 0 aromatic heterocycles. The average molecular weight is 338 g/mol. The highest BCUT2D eigenvalue weighted by atomic mass is 16.4. The van der Waals surface area contributed by atoms with Crippen molar-refractivity contribution in [3.05, 3.63) is 12.2 Å². The molecule has 0 spiro atoms. The van der Waals surface area contributed by atoms with Crippen molar-refractivity contribution < 1.29 is 40.2 Å². The van der Waals surface area contributed by atoms with E-state index in [4.69, 9.17) is 30.6 Å². The lowest BCUT2D eigenvalue weighted by Gasteiger charge is -2.13. The molecule has 138 valence electrons. The Bertz CT molecular complexity index is 285. The van der Waals surface area contributed by atoms with Crippen LogP contribution in [0.4, 0.5) is 0 Å². The average Bonchev–Trinajstić information content (AvgIpc) is 2.41. The Balaban J connectivity index is -0.000000262. The molecule has 0 aliphatic rings. The maximum absolute atomic E-state index is 9.55. The minimum absolute atomic E-state index is 0.0590. The summed E-state index contributed by atoms with van der Waals surface area (Å²) < 4.78 is 0. The van der Waals surface area contributed by atoms with Crippen molar-refractivity contribution in [2.24, 2.45) is 0 Å². The third kappa shape index (κ3) is 44.9. The zero-order valence-corrected chi connectivity index (χ0v) is 13.8. The quantitative estimate of drug-likeness (QED) is 0.260. The van der Waals surface area contributed by atoms with Crippen molar-refractivity contribution in [2.75, 3.05) is 19.8 Å². The maximum Gasteiger partial charge on any atom is 0.328 e. The van der Waals surface area contributed by atoms with E-state index in [1.165, 1.54) is 0 Å². The van der Waals surface area contributed by atoms with Gasteiger partial charge >= 0.3 is 11.9 Å². The highest BCUT2D eigenvalue weighted by Gasteiger charge is 2.09. The molecule has 0 amide bonds. The molecule has 8 heteroatoms. The fourth-order valence-corrected chi connectivity index (χ4v) is 0.993. The van der Waals surface area contributed by atoms with Crippen LogP contribution in [0.2, 0.25) is 0 Å². The zero-order chi connectivity index (χ0) is 18.7. The summed E-state index contributed by atoms with van der Waals surface area (Å²) >= 11 is 0. The molecule has 0 unspecified atom stereocenters. The lowest BCUT2D eigenvalue weighted by atomic mass is 10.1. The summed E-state index contributed by atoms with van der Waals surface area (Å²) in [6.07, 6.45) is 5.39. The summed E-state index contributed by atoms with van der Waals surface area (Å²) in [6, 6.07) is 0. The van der Waals surface area contributed by atoms with E-state index < -0.39 is 17.5 Å². The molecule has 0 radical (unpaired) electrons. The maximum atomic E-state index is 9.55. The minimum atomic E-state index is -1.26. The van der Waals surface area contributed by atoms with Crippen molar-refractivity contribution in [2.45, 2.75) is 51.6 Å². The molecule has 0 aliphatic carbocycles. The monoisotopic (exact) mass is 338 g/mol. The second-order valence-electron chi connectivity index (χ2n) is 5.16. The van der Waals surface area contributed by atoms with Crippen LogP contribution < -0.4 is 0 Å². The van der Waals surface area contributed by atoms with E-state index in [1.807, 2.05) is 0 Å². The first-order valence-electron chi connectivity index (χ1n) is 7.29. The molecule has 8 nitrogen and oxygen atoms in total. The molecule has 6 N–H and O–H groups in total. The van der Waals surface area contributed by atoms with Gasteiger partial charge in [-0.05, 0) is 33.1 Å². The van der Waals surface area contributed by atoms with Crippen molar-refractivity contribution in [3.63, 3.8) is 0 Å². The highest BCUT2D eigenvalue weighted by Crippen LogP contribution is 2.04. The Morgan fingerprint density at radius 2 is 1.13 bits per heavy atom. The summed E-state index contributed by atoms with van der Waals surface area (Å²) in [7, 11) is 0. The molecule has 0 aromatic carbocycles. The fourth-order valence-electron chi connectivity index (χ4n) is 0.993. The van der Waals surface area contributed by atoms with Gasteiger partial charge in [-0.1, -0.05) is 12.8 Å². The second-order valence-corrected chi connectivity index (χ2v) is 5.16. The molecule has 0 heterocycles. The van der Waals surface area contributed by atoms with Crippen LogP contribution in [0.15, 0.2) is 12.2 Å². The zero-order valence-electron chi connectivity index (χ0n) is 13.8. The highest BCUT2D eigenvalue weighted by molar-refractivity contribution is 5.89. The van der Waals surface area contributed by atoms with Crippen molar-refractivity contribution in [3.8, 4) is 0 Å². The smallest absolute Gasteiger partial charge is 0.328 e. The van der Waals surface area contributed by atoms with Gasteiger partial charge in [0, 0.05) is 32.0 Å². The number of carboxylic acids is 2. The lowest BCUT2D eigenvalue weighted by Crippen LogP contribution is -2.19. The molecule has 0 bridgehead atoms. The van der Waals surface area contributed by atoms with E-state index in [9.17, 15) is 9.59 Å². The number of aliphatic hydroxyl groups excluding tert-OH is 3. The number of rotatable bonds is 9. The van der Waals surface area contributed by atoms with Gasteiger partial charge in [-0.3, -0.25) is 0 Å². The van der Waals surface area contributed by atoms with Gasteiger partial charge in [0.2, 0.25) is 0 Å². The first-order chi connectivity index (χ1) is 10.6. The molecular weight excluding hydrogens is 308 g/mol. The van der Waals surface area contributed by atoms with Gasteiger partial charge in [0.1, 0.15) is 0 Å². The van der Waals surface area contributed by atoms with E-state index in [2.05, 4.69) is 0 Å². The van der Waals surface area contributed by atoms with E-state index in [-0.39, 0.29) is 19.8 Å². The van der Waals surface area contributed by atoms with Crippen LogP contribution in [-0.2, 0) is 9.59 Å². The number of hydrogen-bond acceptors (Lipinski definition) is 6. The number of aliphatic hydroxyl groups is 4. The van der Waals surface area contributed by atoms with E-state index in [1.54, 1.807) is 13.8 Å². The third-order valence-corrected chi connectivity index (χ3v) is 2.16. The Hall–Kier alpha value is -1.48. The molecule has 0 saturated carbocycles. The Morgan fingerprint density at radius 1 is 0.783 bits per heavy atom. The largest absolute Gasteiger partial charge is 0.478 e. The number of unbranched alkanes of at least 4 members (excludes halogenated alkanes) is 3. The minimum Gasteiger partial charge on any atom is -0.478 e. The van der Waals surface area contributed by atoms with Gasteiger partial charge < -0.3 is 30.6 Å². The molecule has 0 atom stereocenters. The van der Waals surface area contributed by atoms with Crippen LogP contribution in [0.3, 0.4) is 0 Å². The molecule has 0 aromatic rings. The molecule has 0 fully saturated rings. The number of carboxylic acid groups (broad SMARTS) is 2. The van der Waals surface area contributed by atoms with Crippen LogP contribution in [-0.4, -0.2) is 68.0 Å². The fraction of sp³-hybridized carbons (Fsp3) is 0.733. The molecular formula is C15H30O8. The standard InChI is InChI=1S/C6H14O2.C5H12O2.C4H4O4/c7-5-3-1-2-4-6-8;1-5(2,7)3-4-6;5-3(6)1-2-4(7)8/h7-8H,1-6H2;6-7H,3-4H2,1-2H3;1-2H,(H,5,6)(H,7,8)/b;;2-1+. The van der Waals surface area contributed by atoms with Crippen molar-refractivity contribution in [1.82, 2.24) is 0 Å². The summed E-state index contributed by atoms with van der Waals surface area (Å²) in [5.41, 5.74) is -0.700. The van der Waals surface area contributed by atoms with Crippen LogP contribution in [0.1, 0.15) is 46.0 Å². The van der Waals surface area contributed by atoms with Crippen LogP contribution >= 0.6 is 0 Å².